The molecule has 3 heterocycles. The van der Waals surface area contributed by atoms with Gasteiger partial charge in [0.2, 0.25) is 0 Å². The number of imidazole rings is 1. The average molecular weight is 566 g/mol. The number of benzene rings is 2. The average Bonchev–Trinajstić information content (AvgIpc) is 3.42. The van der Waals surface area contributed by atoms with Crippen LogP contribution in [0.25, 0.3) is 16.9 Å². The Balaban J connectivity index is 0.000000909. The standard InChI is InChI=1S/C28H29F2N5O2.C2H4O2/c1-3-19-10-13-34(14-11-19)27(36)23-9-6-21(16-18(23)2)33-25-26-32-17-24(35(26)15-12-31-25)20-4-7-22(8-5-20)37-28(29)30;1-4-2-3/h4-9,12,15-17,19,28H,3,10-11,13-14H2,1-2H3,(H,31,33);2H,1H3. The summed E-state index contributed by atoms with van der Waals surface area (Å²) in [4.78, 5) is 33.0. The largest absolute Gasteiger partial charge is 0.471 e. The number of methoxy groups -OCH3 is 1. The Kier molecular flexibility index (Phi) is 9.83. The van der Waals surface area contributed by atoms with Gasteiger partial charge >= 0.3 is 6.61 Å². The molecule has 0 atom stereocenters. The SMILES string of the molecule is CCC1CCN(C(=O)c2ccc(Nc3nccn4c(-c5ccc(OC(F)F)cc5)cnc34)cc2C)CC1.COC=O. The molecule has 1 aliphatic rings. The summed E-state index contributed by atoms with van der Waals surface area (Å²) in [6, 6.07) is 12.1. The number of hydrogen-bond acceptors (Lipinski definition) is 7. The number of nitrogens with zero attached hydrogens (tertiary/aromatic N) is 4. The van der Waals surface area contributed by atoms with Crippen molar-refractivity contribution >= 4 is 29.5 Å². The molecule has 1 fully saturated rings. The minimum Gasteiger partial charge on any atom is -0.471 e. The van der Waals surface area contributed by atoms with E-state index in [1.807, 2.05) is 34.4 Å². The highest BCUT2D eigenvalue weighted by atomic mass is 19.3. The van der Waals surface area contributed by atoms with Gasteiger partial charge in [-0.2, -0.15) is 8.78 Å². The van der Waals surface area contributed by atoms with E-state index in [9.17, 15) is 13.6 Å². The molecule has 0 aliphatic carbocycles. The molecule has 1 N–H and O–H groups in total. The second-order valence-corrected chi connectivity index (χ2v) is 9.65. The summed E-state index contributed by atoms with van der Waals surface area (Å²) in [5.41, 5.74) is 4.61. The highest BCUT2D eigenvalue weighted by molar-refractivity contribution is 5.96. The van der Waals surface area contributed by atoms with Crippen molar-refractivity contribution in [3.63, 3.8) is 0 Å². The smallest absolute Gasteiger partial charge is 0.387 e. The Labute approximate surface area is 237 Å². The second kappa shape index (κ2) is 13.7. The van der Waals surface area contributed by atoms with E-state index >= 15 is 0 Å². The summed E-state index contributed by atoms with van der Waals surface area (Å²) in [7, 11) is 1.31. The molecular formula is C30H33F2N5O4. The second-order valence-electron chi connectivity index (χ2n) is 9.65. The van der Waals surface area contributed by atoms with Crippen LogP contribution in [0.1, 0.15) is 42.1 Å². The number of carbonyl (C=O) groups excluding carboxylic acids is 2. The quantitative estimate of drug-likeness (QED) is 0.258. The minimum absolute atomic E-state index is 0.0849. The third-order valence-corrected chi connectivity index (χ3v) is 7.10. The van der Waals surface area contributed by atoms with Crippen LogP contribution in [0.2, 0.25) is 0 Å². The van der Waals surface area contributed by atoms with Crippen LogP contribution in [0.5, 0.6) is 5.75 Å². The van der Waals surface area contributed by atoms with Crippen molar-refractivity contribution in [2.24, 2.45) is 5.92 Å². The first kappa shape index (κ1) is 29.4. The number of rotatable bonds is 8. The fraction of sp³-hybridized carbons (Fsp3) is 0.333. The lowest BCUT2D eigenvalue weighted by Gasteiger charge is -2.32. The highest BCUT2D eigenvalue weighted by Crippen LogP contribution is 2.28. The molecule has 1 aliphatic heterocycles. The van der Waals surface area contributed by atoms with Crippen molar-refractivity contribution in [2.75, 3.05) is 25.5 Å². The van der Waals surface area contributed by atoms with Crippen molar-refractivity contribution in [3.8, 4) is 17.0 Å². The maximum atomic E-state index is 13.1. The summed E-state index contributed by atoms with van der Waals surface area (Å²) >= 11 is 0. The fourth-order valence-corrected chi connectivity index (χ4v) is 4.86. The number of likely N-dealkylation sites (tertiary alicyclic amines) is 1. The lowest BCUT2D eigenvalue weighted by Crippen LogP contribution is -2.38. The van der Waals surface area contributed by atoms with E-state index in [0.717, 1.165) is 48.4 Å². The van der Waals surface area contributed by atoms with Gasteiger partial charge < -0.3 is 19.7 Å². The molecule has 1 amide bonds. The van der Waals surface area contributed by atoms with Crippen molar-refractivity contribution in [1.82, 2.24) is 19.3 Å². The van der Waals surface area contributed by atoms with Gasteiger partial charge in [-0.15, -0.1) is 0 Å². The zero-order valence-corrected chi connectivity index (χ0v) is 23.2. The van der Waals surface area contributed by atoms with Crippen LogP contribution in [0, 0.1) is 12.8 Å². The van der Waals surface area contributed by atoms with Gasteiger partial charge in [0, 0.05) is 42.3 Å². The van der Waals surface area contributed by atoms with Crippen LogP contribution in [0.15, 0.2) is 61.1 Å². The zero-order valence-electron chi connectivity index (χ0n) is 23.2. The molecule has 41 heavy (non-hydrogen) atoms. The van der Waals surface area contributed by atoms with E-state index in [4.69, 9.17) is 4.79 Å². The zero-order chi connectivity index (χ0) is 29.4. The highest BCUT2D eigenvalue weighted by Gasteiger charge is 2.24. The van der Waals surface area contributed by atoms with E-state index in [0.29, 0.717) is 29.4 Å². The minimum atomic E-state index is -2.87. The summed E-state index contributed by atoms with van der Waals surface area (Å²) in [5.74, 6) is 1.46. The number of fused-ring (bicyclic) bond motifs is 1. The Morgan fingerprint density at radius 2 is 1.85 bits per heavy atom. The Morgan fingerprint density at radius 3 is 2.46 bits per heavy atom. The molecule has 11 heteroatoms. The third kappa shape index (κ3) is 7.16. The molecular weight excluding hydrogens is 532 g/mol. The van der Waals surface area contributed by atoms with Crippen LogP contribution >= 0.6 is 0 Å². The number of aromatic nitrogens is 3. The molecule has 0 unspecified atom stereocenters. The van der Waals surface area contributed by atoms with Gasteiger partial charge in [-0.3, -0.25) is 14.0 Å². The number of amides is 1. The first-order chi connectivity index (χ1) is 19.8. The number of aryl methyl sites for hydroxylation is 1. The van der Waals surface area contributed by atoms with Crippen molar-refractivity contribution in [1.29, 1.82) is 0 Å². The lowest BCUT2D eigenvalue weighted by atomic mass is 9.94. The Bertz CT molecular complexity index is 1470. The topological polar surface area (TPSA) is 98.1 Å². The molecule has 5 rings (SSSR count). The molecule has 2 aromatic heterocycles. The normalized spacial score (nSPS) is 13.5. The first-order valence-corrected chi connectivity index (χ1v) is 13.3. The molecule has 0 radical (unpaired) electrons. The summed E-state index contributed by atoms with van der Waals surface area (Å²) in [6.45, 7) is 3.29. The number of hydrogen-bond donors (Lipinski definition) is 1. The van der Waals surface area contributed by atoms with E-state index < -0.39 is 6.61 Å². The molecule has 4 aromatic rings. The number of halogens is 2. The van der Waals surface area contributed by atoms with E-state index in [-0.39, 0.29) is 11.7 Å². The van der Waals surface area contributed by atoms with Crippen molar-refractivity contribution in [3.05, 3.63) is 72.2 Å². The third-order valence-electron chi connectivity index (χ3n) is 7.10. The molecule has 2 aromatic carbocycles. The molecule has 216 valence electrons. The van der Waals surface area contributed by atoms with Gasteiger partial charge in [0.15, 0.2) is 11.5 Å². The van der Waals surface area contributed by atoms with Gasteiger partial charge in [0.1, 0.15) is 5.75 Å². The maximum Gasteiger partial charge on any atom is 0.387 e. The van der Waals surface area contributed by atoms with E-state index in [1.54, 1.807) is 30.7 Å². The molecule has 0 bridgehead atoms. The number of anilines is 2. The van der Waals surface area contributed by atoms with Crippen LogP contribution in [0.4, 0.5) is 20.3 Å². The molecule has 1 saturated heterocycles. The molecule has 0 spiro atoms. The predicted molar refractivity (Wildman–Crippen MR) is 152 cm³/mol. The number of ether oxygens (including phenoxy) is 2. The van der Waals surface area contributed by atoms with Crippen molar-refractivity contribution in [2.45, 2.75) is 39.7 Å². The number of alkyl halides is 2. The van der Waals surface area contributed by atoms with Crippen LogP contribution in [0.3, 0.4) is 0 Å². The predicted octanol–water partition coefficient (Wildman–Crippen LogP) is 6.10. The maximum absolute atomic E-state index is 13.1. The molecule has 0 saturated carbocycles. The van der Waals surface area contributed by atoms with Crippen LogP contribution < -0.4 is 10.1 Å². The Hall–Kier alpha value is -4.54. The van der Waals surface area contributed by atoms with Gasteiger partial charge in [0.05, 0.1) is 19.0 Å². The Morgan fingerprint density at radius 1 is 1.15 bits per heavy atom. The molecule has 9 nitrogen and oxygen atoms in total. The van der Waals surface area contributed by atoms with Crippen LogP contribution in [-0.4, -0.2) is 58.5 Å². The van der Waals surface area contributed by atoms with Gasteiger partial charge in [0.25, 0.3) is 12.4 Å². The summed E-state index contributed by atoms with van der Waals surface area (Å²) < 4.78 is 35.1. The monoisotopic (exact) mass is 565 g/mol. The van der Waals surface area contributed by atoms with E-state index in [1.165, 1.54) is 25.7 Å². The fourth-order valence-electron chi connectivity index (χ4n) is 4.86. The van der Waals surface area contributed by atoms with Gasteiger partial charge in [-0.1, -0.05) is 13.3 Å². The number of carbonyl (C=O) groups is 2. The van der Waals surface area contributed by atoms with Crippen LogP contribution in [-0.2, 0) is 9.53 Å². The first-order valence-electron chi connectivity index (χ1n) is 13.3. The van der Waals surface area contributed by atoms with Gasteiger partial charge in [-0.05, 0) is 73.7 Å². The summed E-state index contributed by atoms with van der Waals surface area (Å²) in [5, 5.41) is 3.32. The van der Waals surface area contributed by atoms with Gasteiger partial charge in [-0.25, -0.2) is 9.97 Å². The number of piperidine rings is 1. The van der Waals surface area contributed by atoms with Crippen molar-refractivity contribution < 1.29 is 27.8 Å². The summed E-state index contributed by atoms with van der Waals surface area (Å²) in [6.07, 6.45) is 8.47. The van der Waals surface area contributed by atoms with E-state index in [2.05, 4.69) is 31.7 Å². The lowest BCUT2D eigenvalue weighted by molar-refractivity contribution is -0.126. The number of nitrogens with one attached hydrogen (secondary N) is 1.